The zero-order valence-corrected chi connectivity index (χ0v) is 39.7. The fraction of sp³-hybridized carbons (Fsp3) is 0.577. The third-order valence-corrected chi connectivity index (χ3v) is 12.4. The number of hydrogen-bond donors (Lipinski definition) is 1. The van der Waals surface area contributed by atoms with Gasteiger partial charge in [0.2, 0.25) is 0 Å². The molecule has 0 saturated heterocycles. The second kappa shape index (κ2) is 20.7. The van der Waals surface area contributed by atoms with E-state index in [1.54, 1.807) is 0 Å². The first kappa shape index (κ1) is 47.6. The molecule has 1 aliphatic carbocycles. The van der Waals surface area contributed by atoms with E-state index in [2.05, 4.69) is 117 Å². The molecular formula is C52H74IrNO2-. The van der Waals surface area contributed by atoms with Gasteiger partial charge in [0.05, 0.1) is 11.3 Å². The summed E-state index contributed by atoms with van der Waals surface area (Å²) < 4.78 is 0. The molecule has 1 fully saturated rings. The number of fused-ring (bicyclic) bond motifs is 2. The molecule has 4 heteroatoms. The minimum Gasteiger partial charge on any atom is -0.512 e. The van der Waals surface area contributed by atoms with Crippen LogP contribution in [0.2, 0.25) is 0 Å². The van der Waals surface area contributed by atoms with E-state index < -0.39 is 0 Å². The summed E-state index contributed by atoms with van der Waals surface area (Å²) in [6.45, 7) is 29.1. The molecule has 1 aromatic heterocycles. The molecule has 1 aliphatic rings. The maximum Gasteiger partial charge on any atom is 0.162 e. The fourth-order valence-corrected chi connectivity index (χ4v) is 9.78. The van der Waals surface area contributed by atoms with Crippen molar-refractivity contribution in [3.05, 3.63) is 88.7 Å². The second-order valence-corrected chi connectivity index (χ2v) is 18.9. The van der Waals surface area contributed by atoms with Crippen molar-refractivity contribution in [2.45, 2.75) is 166 Å². The number of benzene rings is 3. The van der Waals surface area contributed by atoms with Gasteiger partial charge in [0.1, 0.15) is 0 Å². The topological polar surface area (TPSA) is 50.2 Å². The van der Waals surface area contributed by atoms with Gasteiger partial charge in [0, 0.05) is 49.1 Å². The van der Waals surface area contributed by atoms with Crippen LogP contribution in [0.25, 0.3) is 32.9 Å². The van der Waals surface area contributed by atoms with Crippen molar-refractivity contribution in [3.8, 4) is 11.3 Å². The van der Waals surface area contributed by atoms with E-state index in [1.807, 2.05) is 27.7 Å². The summed E-state index contributed by atoms with van der Waals surface area (Å²) in [5, 5.41) is 13.6. The Hall–Kier alpha value is -2.81. The molecule has 1 heterocycles. The van der Waals surface area contributed by atoms with Crippen LogP contribution in [0.3, 0.4) is 0 Å². The summed E-state index contributed by atoms with van der Waals surface area (Å²) in [5.74, 6) is 2.65. The molecule has 0 unspecified atom stereocenters. The number of aliphatic hydroxyl groups excluding tert-OH is 1. The fourth-order valence-electron chi connectivity index (χ4n) is 9.78. The molecule has 1 N–H and O–H groups in total. The Morgan fingerprint density at radius 2 is 1.45 bits per heavy atom. The van der Waals surface area contributed by atoms with Crippen LogP contribution in [0.1, 0.15) is 169 Å². The van der Waals surface area contributed by atoms with E-state index in [1.165, 1.54) is 83.0 Å². The van der Waals surface area contributed by atoms with Crippen molar-refractivity contribution >= 4 is 27.5 Å². The first-order chi connectivity index (χ1) is 25.9. The van der Waals surface area contributed by atoms with Crippen LogP contribution in [0, 0.1) is 49.0 Å². The van der Waals surface area contributed by atoms with Gasteiger partial charge in [-0.1, -0.05) is 117 Å². The molecule has 3 nitrogen and oxygen atoms in total. The Bertz CT molecular complexity index is 1900. The van der Waals surface area contributed by atoms with E-state index in [9.17, 15) is 9.90 Å². The number of carbonyl (C=O) groups is 1. The van der Waals surface area contributed by atoms with Gasteiger partial charge in [-0.05, 0) is 129 Å². The van der Waals surface area contributed by atoms with Gasteiger partial charge in [0.25, 0.3) is 0 Å². The molecule has 1 radical (unpaired) electrons. The second-order valence-electron chi connectivity index (χ2n) is 18.9. The van der Waals surface area contributed by atoms with E-state index in [0.29, 0.717) is 11.3 Å². The van der Waals surface area contributed by atoms with Crippen LogP contribution in [0.5, 0.6) is 0 Å². The van der Waals surface area contributed by atoms with Crippen molar-refractivity contribution in [2.75, 3.05) is 0 Å². The van der Waals surface area contributed by atoms with Gasteiger partial charge in [-0.15, -0.1) is 29.1 Å². The number of aryl methyl sites for hydroxylation is 2. The zero-order valence-electron chi connectivity index (χ0n) is 37.3. The number of rotatable bonds is 13. The molecule has 0 aliphatic heterocycles. The molecule has 0 amide bonds. The summed E-state index contributed by atoms with van der Waals surface area (Å²) in [7, 11) is 0. The summed E-state index contributed by atoms with van der Waals surface area (Å²) in [4.78, 5) is 17.0. The number of aromatic nitrogens is 1. The van der Waals surface area contributed by atoms with Crippen molar-refractivity contribution in [3.63, 3.8) is 0 Å². The third kappa shape index (κ3) is 11.9. The molecule has 0 spiro atoms. The van der Waals surface area contributed by atoms with Gasteiger partial charge in [-0.25, -0.2) is 0 Å². The quantitative estimate of drug-likeness (QED) is 0.0825. The van der Waals surface area contributed by atoms with Crippen molar-refractivity contribution in [1.29, 1.82) is 0 Å². The number of nitrogens with zero attached hydrogens (tertiary/aromatic N) is 1. The molecule has 1 saturated carbocycles. The predicted molar refractivity (Wildman–Crippen MR) is 238 cm³/mol. The summed E-state index contributed by atoms with van der Waals surface area (Å²) >= 11 is 0. The number of allylic oxidation sites excluding steroid dienone is 2. The van der Waals surface area contributed by atoms with Crippen LogP contribution < -0.4 is 0 Å². The molecule has 0 bridgehead atoms. The summed E-state index contributed by atoms with van der Waals surface area (Å²) in [5.41, 5.74) is 9.41. The van der Waals surface area contributed by atoms with Gasteiger partial charge >= 0.3 is 0 Å². The van der Waals surface area contributed by atoms with Gasteiger partial charge in [-0.2, -0.15) is 0 Å². The van der Waals surface area contributed by atoms with Crippen LogP contribution in [-0.2, 0) is 30.3 Å². The van der Waals surface area contributed by atoms with Crippen molar-refractivity contribution < 1.29 is 30.0 Å². The normalized spacial score (nSPS) is 15.1. The Labute approximate surface area is 355 Å². The SMILES string of the molecule is CCC(CC)C(=O)/C=C(\O)C(CC)CC.Cc1cc(C)c2c(C3CCC(CC(C)C)(CC(C)C)CC3)cc(-c3[c-]c4ccccc4c(C(C)(C)C)c3)nc2c1.[Ir]. The Morgan fingerprint density at radius 1 is 0.875 bits per heavy atom. The Morgan fingerprint density at radius 3 is 1.98 bits per heavy atom. The summed E-state index contributed by atoms with van der Waals surface area (Å²) in [6.07, 6.45) is 12.9. The van der Waals surface area contributed by atoms with Crippen LogP contribution >= 0.6 is 0 Å². The largest absolute Gasteiger partial charge is 0.512 e. The van der Waals surface area contributed by atoms with Crippen molar-refractivity contribution in [2.24, 2.45) is 29.1 Å². The van der Waals surface area contributed by atoms with Crippen LogP contribution in [-0.4, -0.2) is 15.9 Å². The molecule has 3 aromatic carbocycles. The molecule has 4 aromatic rings. The smallest absolute Gasteiger partial charge is 0.162 e. The minimum absolute atomic E-state index is 0. The van der Waals surface area contributed by atoms with Gasteiger partial charge in [0.15, 0.2) is 5.78 Å². The van der Waals surface area contributed by atoms with E-state index in [4.69, 9.17) is 4.98 Å². The number of hydrogen-bond acceptors (Lipinski definition) is 3. The molecule has 309 valence electrons. The Balaban J connectivity index is 0.000000448. The zero-order chi connectivity index (χ0) is 40.7. The predicted octanol–water partition coefficient (Wildman–Crippen LogP) is 15.4. The van der Waals surface area contributed by atoms with Crippen LogP contribution in [0.15, 0.2) is 60.4 Å². The van der Waals surface area contributed by atoms with E-state index in [0.717, 1.165) is 54.3 Å². The monoisotopic (exact) mass is 938 g/mol. The standard InChI is InChI=1S/C39H50N.C13H24O2.Ir/c1-25(2)23-39(24-26(3)4)16-14-29(15-17-39)33-22-35(40-36-19-27(5)18-28(6)37(33)36)31-20-30-12-10-11-13-32(30)34(21-31)38(7,8)9;1-5-10(6-2)12(14)9-13(15)11(7-3)8-4;/h10-13,18-19,21-22,25-26,29H,14-17,23-24H2,1-9H3;9-11,14H,5-8H2,1-4H3;/q-1;;/b;12-9-;. The van der Waals surface area contributed by atoms with E-state index in [-0.39, 0.29) is 48.9 Å². The molecule has 5 rings (SSSR count). The number of carbonyl (C=O) groups excluding carboxylic acids is 1. The first-order valence-electron chi connectivity index (χ1n) is 21.8. The average molecular weight is 937 g/mol. The Kier molecular flexibility index (Phi) is 17.6. The summed E-state index contributed by atoms with van der Waals surface area (Å²) in [6, 6.07) is 21.9. The minimum atomic E-state index is 0. The molecule has 56 heavy (non-hydrogen) atoms. The third-order valence-electron chi connectivity index (χ3n) is 12.4. The number of pyridine rings is 1. The number of aliphatic hydroxyl groups is 1. The maximum absolute atomic E-state index is 11.7. The first-order valence-corrected chi connectivity index (χ1v) is 21.8. The average Bonchev–Trinajstić information content (AvgIpc) is 3.11. The molecular weight excluding hydrogens is 863 g/mol. The maximum atomic E-state index is 11.7. The van der Waals surface area contributed by atoms with Gasteiger partial charge < -0.3 is 5.11 Å². The molecule has 0 atom stereocenters. The van der Waals surface area contributed by atoms with Crippen LogP contribution in [0.4, 0.5) is 0 Å². The van der Waals surface area contributed by atoms with E-state index >= 15 is 0 Å². The van der Waals surface area contributed by atoms with Crippen molar-refractivity contribution in [1.82, 2.24) is 4.98 Å². The number of ketones is 1. The van der Waals surface area contributed by atoms with Gasteiger partial charge in [-0.3, -0.25) is 9.78 Å².